The van der Waals surface area contributed by atoms with Crippen LogP contribution in [0.2, 0.25) is 0 Å². The lowest BCUT2D eigenvalue weighted by Crippen LogP contribution is -2.37. The molecule has 2 aliphatic heterocycles. The summed E-state index contributed by atoms with van der Waals surface area (Å²) in [5.74, 6) is -2.19. The first-order valence-corrected chi connectivity index (χ1v) is 10.9. The number of halogens is 2. The fourth-order valence-electron chi connectivity index (χ4n) is 4.32. The van der Waals surface area contributed by atoms with E-state index in [0.29, 0.717) is 15.7 Å². The Kier molecular flexibility index (Phi) is 5.30. The molecule has 2 amide bonds. The van der Waals surface area contributed by atoms with E-state index in [-0.39, 0.29) is 17.2 Å². The van der Waals surface area contributed by atoms with E-state index >= 15 is 0 Å². The average molecular weight is 513 g/mol. The Morgan fingerprint density at radius 1 is 1.00 bits per heavy atom. The summed E-state index contributed by atoms with van der Waals surface area (Å²) in [6, 6.07) is 16.9. The predicted octanol–water partition coefficient (Wildman–Crippen LogP) is 4.35. The van der Waals surface area contributed by atoms with Crippen LogP contribution in [0, 0.1) is 11.7 Å². The van der Waals surface area contributed by atoms with Crippen molar-refractivity contribution in [1.29, 1.82) is 0 Å². The van der Waals surface area contributed by atoms with Crippen LogP contribution in [0.15, 0.2) is 71.2 Å². The van der Waals surface area contributed by atoms with Crippen molar-refractivity contribution < 1.29 is 28.7 Å². The molecular weight excluding hydrogens is 495 g/mol. The zero-order chi connectivity index (χ0) is 23.3. The van der Waals surface area contributed by atoms with Crippen molar-refractivity contribution in [2.75, 3.05) is 17.1 Å². The van der Waals surface area contributed by atoms with Gasteiger partial charge in [0.2, 0.25) is 5.91 Å². The number of benzene rings is 3. The van der Waals surface area contributed by atoms with Gasteiger partial charge in [0.15, 0.2) is 17.6 Å². The largest absolute Gasteiger partial charge is 0.503 e. The van der Waals surface area contributed by atoms with Gasteiger partial charge >= 0.3 is 0 Å². The van der Waals surface area contributed by atoms with E-state index in [1.165, 1.54) is 31.4 Å². The maximum absolute atomic E-state index is 13.6. The number of phenolic OH excluding ortho intramolecular Hbond substituents is 1. The molecule has 3 atom stereocenters. The van der Waals surface area contributed by atoms with Gasteiger partial charge in [-0.2, -0.15) is 0 Å². The molecule has 168 valence electrons. The molecule has 3 aromatic rings. The predicted molar refractivity (Wildman–Crippen MR) is 121 cm³/mol. The molecule has 0 bridgehead atoms. The van der Waals surface area contributed by atoms with Gasteiger partial charge in [0.25, 0.3) is 5.91 Å². The number of fused-ring (bicyclic) bond motifs is 1. The van der Waals surface area contributed by atoms with Crippen molar-refractivity contribution in [1.82, 2.24) is 0 Å². The Bertz CT molecular complexity index is 1240. The number of hydrogen-bond donors (Lipinski definition) is 1. The Morgan fingerprint density at radius 2 is 1.70 bits per heavy atom. The number of hydroxylamine groups is 1. The Labute approximate surface area is 197 Å². The number of hydrogen-bond acceptors (Lipinski definition) is 6. The lowest BCUT2D eigenvalue weighted by molar-refractivity contribution is -0.126. The fraction of sp³-hybridized carbons (Fsp3) is 0.167. The van der Waals surface area contributed by atoms with Gasteiger partial charge in [0.1, 0.15) is 11.7 Å². The Balaban J connectivity index is 1.62. The first-order valence-electron chi connectivity index (χ1n) is 10.1. The first-order chi connectivity index (χ1) is 15.9. The monoisotopic (exact) mass is 512 g/mol. The third-order valence-corrected chi connectivity index (χ3v) is 6.43. The number of imide groups is 1. The second kappa shape index (κ2) is 8.17. The number of methoxy groups -OCH3 is 1. The van der Waals surface area contributed by atoms with E-state index in [9.17, 15) is 19.1 Å². The van der Waals surface area contributed by atoms with E-state index < -0.39 is 35.7 Å². The van der Waals surface area contributed by atoms with Crippen LogP contribution in [0.25, 0.3) is 0 Å². The lowest BCUT2D eigenvalue weighted by atomic mass is 9.90. The van der Waals surface area contributed by atoms with Crippen LogP contribution in [0.4, 0.5) is 15.8 Å². The number of phenols is 1. The second-order valence-corrected chi connectivity index (χ2v) is 8.55. The van der Waals surface area contributed by atoms with E-state index in [1.807, 2.05) is 30.3 Å². The molecule has 3 aromatic carbocycles. The minimum Gasteiger partial charge on any atom is -0.503 e. The fourth-order valence-corrected chi connectivity index (χ4v) is 4.78. The van der Waals surface area contributed by atoms with Crippen molar-refractivity contribution in [2.45, 2.75) is 12.1 Å². The maximum atomic E-state index is 13.6. The number of carbonyl (C=O) groups is 2. The van der Waals surface area contributed by atoms with Crippen LogP contribution in [0.5, 0.6) is 11.5 Å². The number of aromatic hydroxyl groups is 1. The Hall–Kier alpha value is -3.43. The molecule has 2 aliphatic rings. The second-order valence-electron chi connectivity index (χ2n) is 7.70. The van der Waals surface area contributed by atoms with E-state index in [4.69, 9.17) is 9.57 Å². The summed E-state index contributed by atoms with van der Waals surface area (Å²) < 4.78 is 19.1. The molecule has 5 rings (SSSR count). The minimum absolute atomic E-state index is 0.0789. The highest BCUT2D eigenvalue weighted by Gasteiger charge is 2.60. The number of rotatable bonds is 4. The summed E-state index contributed by atoms with van der Waals surface area (Å²) >= 11 is 3.33. The number of nitrogens with zero attached hydrogens (tertiary/aromatic N) is 2. The van der Waals surface area contributed by atoms with Crippen molar-refractivity contribution in [2.24, 2.45) is 5.92 Å². The van der Waals surface area contributed by atoms with Crippen molar-refractivity contribution >= 4 is 39.1 Å². The number of amides is 2. The summed E-state index contributed by atoms with van der Waals surface area (Å²) in [5, 5.41) is 11.8. The molecule has 0 aliphatic carbocycles. The topological polar surface area (TPSA) is 79.3 Å². The van der Waals surface area contributed by atoms with E-state index in [0.717, 1.165) is 4.90 Å². The minimum atomic E-state index is -1.06. The number of carbonyl (C=O) groups excluding carboxylic acids is 2. The van der Waals surface area contributed by atoms with Crippen molar-refractivity contribution in [3.63, 3.8) is 0 Å². The SMILES string of the molecule is COc1cc([C@@H]2[C@H]3C(=O)N(c4ccc(F)cc4)C(=O)[C@@H]3ON2c2ccccc2)cc(Br)c1O. The van der Waals surface area contributed by atoms with Crippen LogP contribution in [-0.4, -0.2) is 30.1 Å². The molecule has 0 spiro atoms. The molecule has 7 nitrogen and oxygen atoms in total. The highest BCUT2D eigenvalue weighted by atomic mass is 79.9. The third-order valence-electron chi connectivity index (χ3n) is 5.82. The van der Waals surface area contributed by atoms with Crippen LogP contribution in [0.1, 0.15) is 11.6 Å². The standard InChI is InChI=1S/C24H18BrFN2O5/c1-32-18-12-13(11-17(25)21(18)29)20-19-22(33-28(20)16-5-3-2-4-6-16)24(31)27(23(19)30)15-9-7-14(26)8-10-15/h2-12,19-20,22,29H,1H3/t19-,20-,22-/m1/s1. The maximum Gasteiger partial charge on any atom is 0.266 e. The third kappa shape index (κ3) is 3.44. The molecule has 9 heteroatoms. The molecule has 0 aromatic heterocycles. The van der Waals surface area contributed by atoms with E-state index in [2.05, 4.69) is 15.9 Å². The average Bonchev–Trinajstić information content (AvgIpc) is 3.33. The van der Waals surface area contributed by atoms with Gasteiger partial charge in [-0.25, -0.2) is 14.4 Å². The van der Waals surface area contributed by atoms with Gasteiger partial charge in [-0.15, -0.1) is 0 Å². The van der Waals surface area contributed by atoms with Gasteiger partial charge in [-0.3, -0.25) is 14.4 Å². The summed E-state index contributed by atoms with van der Waals surface area (Å²) in [5.41, 5.74) is 1.54. The lowest BCUT2D eigenvalue weighted by Gasteiger charge is -2.29. The highest BCUT2D eigenvalue weighted by molar-refractivity contribution is 9.10. The quantitative estimate of drug-likeness (QED) is 0.523. The molecule has 2 saturated heterocycles. The number of para-hydroxylation sites is 1. The van der Waals surface area contributed by atoms with Gasteiger partial charge in [-0.05, 0) is 70.0 Å². The Morgan fingerprint density at radius 3 is 2.36 bits per heavy atom. The van der Waals surface area contributed by atoms with Crippen molar-refractivity contribution in [3.05, 3.63) is 82.6 Å². The number of ether oxygens (including phenoxy) is 1. The van der Waals surface area contributed by atoms with Crippen LogP contribution in [-0.2, 0) is 14.4 Å². The summed E-state index contributed by atoms with van der Waals surface area (Å²) in [7, 11) is 1.43. The number of anilines is 2. The highest BCUT2D eigenvalue weighted by Crippen LogP contribution is 2.49. The normalized spacial score (nSPS) is 22.1. The zero-order valence-electron chi connectivity index (χ0n) is 17.3. The molecule has 1 N–H and O–H groups in total. The van der Waals surface area contributed by atoms with Gasteiger partial charge < -0.3 is 9.84 Å². The summed E-state index contributed by atoms with van der Waals surface area (Å²) in [6.07, 6.45) is -1.06. The smallest absolute Gasteiger partial charge is 0.266 e. The molecular formula is C24H18BrFN2O5. The molecule has 0 saturated carbocycles. The van der Waals surface area contributed by atoms with Crippen LogP contribution in [0.3, 0.4) is 0 Å². The van der Waals surface area contributed by atoms with Gasteiger partial charge in [-0.1, -0.05) is 18.2 Å². The summed E-state index contributed by atoms with van der Waals surface area (Å²) in [6.45, 7) is 0. The molecule has 0 radical (unpaired) electrons. The zero-order valence-corrected chi connectivity index (χ0v) is 18.9. The summed E-state index contributed by atoms with van der Waals surface area (Å²) in [4.78, 5) is 33.9. The van der Waals surface area contributed by atoms with Crippen LogP contribution < -0.4 is 14.7 Å². The first kappa shape index (κ1) is 21.4. The van der Waals surface area contributed by atoms with E-state index in [1.54, 1.807) is 17.2 Å². The molecule has 0 unspecified atom stereocenters. The molecule has 33 heavy (non-hydrogen) atoms. The van der Waals surface area contributed by atoms with Crippen LogP contribution >= 0.6 is 15.9 Å². The van der Waals surface area contributed by atoms with Gasteiger partial charge in [0, 0.05) is 0 Å². The molecule has 2 heterocycles. The molecule has 2 fully saturated rings. The van der Waals surface area contributed by atoms with Crippen molar-refractivity contribution in [3.8, 4) is 11.5 Å². The van der Waals surface area contributed by atoms with Gasteiger partial charge in [0.05, 0.1) is 29.0 Å².